The lowest BCUT2D eigenvalue weighted by molar-refractivity contribution is 0.244. The van der Waals surface area contributed by atoms with Crippen molar-refractivity contribution in [1.29, 1.82) is 0 Å². The first-order valence-electron chi connectivity index (χ1n) is 10.5. The first kappa shape index (κ1) is 22.0. The van der Waals surface area contributed by atoms with Gasteiger partial charge in [0.25, 0.3) is 5.56 Å². The molecule has 1 aliphatic carbocycles. The quantitative estimate of drug-likeness (QED) is 0.541. The van der Waals surface area contributed by atoms with E-state index in [4.69, 9.17) is 11.6 Å². The van der Waals surface area contributed by atoms with E-state index in [-0.39, 0.29) is 27.9 Å². The average molecular weight is 459 g/mol. The van der Waals surface area contributed by atoms with Gasteiger partial charge in [-0.15, -0.1) is 0 Å². The normalized spacial score (nSPS) is 14.4. The standard InChI is InChI=1S/C22H24ClFN6O2/c1-25-21-26-11-12-8-15(20(31)30(2)19(12)29-21)14-9-18(17(24)10-16(14)23)28-22(32)27-13-6-4-3-5-7-13/h8-11,13H,3-7H2,1-2H3,(H,25,26,29)(H2,27,28,32). The van der Waals surface area contributed by atoms with Crippen molar-refractivity contribution in [2.75, 3.05) is 17.7 Å². The number of amides is 2. The van der Waals surface area contributed by atoms with Gasteiger partial charge in [-0.1, -0.05) is 30.9 Å². The molecule has 2 aromatic heterocycles. The molecule has 0 aliphatic heterocycles. The number of carbonyl (C=O) groups excluding carboxylic acids is 1. The van der Waals surface area contributed by atoms with Crippen molar-refractivity contribution < 1.29 is 9.18 Å². The molecule has 2 amide bonds. The Bertz CT molecular complexity index is 1240. The zero-order chi connectivity index (χ0) is 22.8. The molecule has 2 heterocycles. The number of carbonyl (C=O) groups is 1. The molecule has 1 aromatic carbocycles. The fourth-order valence-electron chi connectivity index (χ4n) is 4.00. The Morgan fingerprint density at radius 3 is 2.66 bits per heavy atom. The van der Waals surface area contributed by atoms with Crippen LogP contribution >= 0.6 is 11.6 Å². The highest BCUT2D eigenvalue weighted by Gasteiger charge is 2.19. The summed E-state index contributed by atoms with van der Waals surface area (Å²) in [5, 5.41) is 8.95. The van der Waals surface area contributed by atoms with E-state index in [0.29, 0.717) is 22.5 Å². The Kier molecular flexibility index (Phi) is 6.27. The van der Waals surface area contributed by atoms with Crippen molar-refractivity contribution in [1.82, 2.24) is 19.9 Å². The molecule has 168 valence electrons. The van der Waals surface area contributed by atoms with Gasteiger partial charge in [-0.2, -0.15) is 4.98 Å². The summed E-state index contributed by atoms with van der Waals surface area (Å²) in [4.78, 5) is 34.0. The number of aromatic nitrogens is 3. The molecule has 0 atom stereocenters. The lowest BCUT2D eigenvalue weighted by atomic mass is 9.96. The number of aryl methyl sites for hydroxylation is 1. The molecule has 0 radical (unpaired) electrons. The summed E-state index contributed by atoms with van der Waals surface area (Å²) >= 11 is 6.29. The first-order valence-corrected chi connectivity index (χ1v) is 10.9. The highest BCUT2D eigenvalue weighted by Crippen LogP contribution is 2.32. The molecule has 0 spiro atoms. The fraction of sp³-hybridized carbons (Fsp3) is 0.364. The van der Waals surface area contributed by atoms with Crippen molar-refractivity contribution in [2.24, 2.45) is 7.05 Å². The first-order chi connectivity index (χ1) is 15.4. The van der Waals surface area contributed by atoms with Gasteiger partial charge in [0.2, 0.25) is 5.95 Å². The summed E-state index contributed by atoms with van der Waals surface area (Å²) in [5.41, 5.74) is 0.593. The molecule has 10 heteroatoms. The van der Waals surface area contributed by atoms with Gasteiger partial charge < -0.3 is 16.0 Å². The van der Waals surface area contributed by atoms with Crippen LogP contribution in [-0.2, 0) is 7.05 Å². The van der Waals surface area contributed by atoms with Crippen LogP contribution in [0.25, 0.3) is 22.2 Å². The molecule has 0 bridgehead atoms. The van der Waals surface area contributed by atoms with Gasteiger partial charge in [0.15, 0.2) is 0 Å². The Morgan fingerprint density at radius 2 is 1.94 bits per heavy atom. The third-order valence-corrected chi connectivity index (χ3v) is 6.02. The smallest absolute Gasteiger partial charge is 0.319 e. The molecule has 0 saturated heterocycles. The van der Waals surface area contributed by atoms with E-state index in [1.807, 2.05) is 0 Å². The minimum absolute atomic E-state index is 0.0540. The third-order valence-electron chi connectivity index (χ3n) is 5.71. The molecule has 3 aromatic rings. The fourth-order valence-corrected chi connectivity index (χ4v) is 4.25. The molecular formula is C22H24ClFN6O2. The molecule has 0 unspecified atom stereocenters. The van der Waals surface area contributed by atoms with E-state index in [1.165, 1.54) is 10.6 Å². The van der Waals surface area contributed by atoms with Gasteiger partial charge in [0, 0.05) is 42.8 Å². The minimum atomic E-state index is -0.683. The van der Waals surface area contributed by atoms with Crippen LogP contribution in [-0.4, -0.2) is 33.7 Å². The molecule has 3 N–H and O–H groups in total. The van der Waals surface area contributed by atoms with Gasteiger partial charge in [-0.05, 0) is 31.0 Å². The Hall–Kier alpha value is -3.20. The van der Waals surface area contributed by atoms with Gasteiger partial charge in [0.1, 0.15) is 11.5 Å². The van der Waals surface area contributed by atoms with Crippen molar-refractivity contribution >= 4 is 40.3 Å². The predicted octanol–water partition coefficient (Wildman–Crippen LogP) is 4.28. The molecule has 8 nitrogen and oxygen atoms in total. The number of fused-ring (bicyclic) bond motifs is 1. The number of benzene rings is 1. The van der Waals surface area contributed by atoms with E-state index in [9.17, 15) is 14.0 Å². The SMILES string of the molecule is CNc1ncc2cc(-c3cc(NC(=O)NC4CCCCC4)c(F)cc3Cl)c(=O)n(C)c2n1. The van der Waals surface area contributed by atoms with Gasteiger partial charge in [-0.3, -0.25) is 9.36 Å². The van der Waals surface area contributed by atoms with Crippen LogP contribution in [0.3, 0.4) is 0 Å². The van der Waals surface area contributed by atoms with Crippen LogP contribution in [0.4, 0.5) is 20.8 Å². The Labute approximate surface area is 189 Å². The second kappa shape index (κ2) is 9.12. The number of urea groups is 1. The summed E-state index contributed by atoms with van der Waals surface area (Å²) in [6.07, 6.45) is 6.70. The molecule has 32 heavy (non-hydrogen) atoms. The number of pyridine rings is 1. The zero-order valence-corrected chi connectivity index (χ0v) is 18.6. The van der Waals surface area contributed by atoms with Crippen molar-refractivity contribution in [3.63, 3.8) is 0 Å². The predicted molar refractivity (Wildman–Crippen MR) is 124 cm³/mol. The number of hydrogen-bond donors (Lipinski definition) is 3. The van der Waals surface area contributed by atoms with Crippen LogP contribution in [0.5, 0.6) is 0 Å². The van der Waals surface area contributed by atoms with Gasteiger partial charge in [-0.25, -0.2) is 14.2 Å². The maximum atomic E-state index is 14.6. The average Bonchev–Trinajstić information content (AvgIpc) is 2.78. The number of hydrogen-bond acceptors (Lipinski definition) is 5. The summed E-state index contributed by atoms with van der Waals surface area (Å²) < 4.78 is 15.9. The number of nitrogens with one attached hydrogen (secondary N) is 3. The lowest BCUT2D eigenvalue weighted by Crippen LogP contribution is -2.39. The van der Waals surface area contributed by atoms with Crippen LogP contribution in [0, 0.1) is 5.82 Å². The molecule has 4 rings (SSSR count). The minimum Gasteiger partial charge on any atom is -0.357 e. The van der Waals surface area contributed by atoms with Crippen LogP contribution in [0.2, 0.25) is 5.02 Å². The molecule has 1 aliphatic rings. The number of halogens is 2. The largest absolute Gasteiger partial charge is 0.357 e. The topological polar surface area (TPSA) is 101 Å². The number of rotatable bonds is 4. The molecule has 1 fully saturated rings. The van der Waals surface area contributed by atoms with E-state index in [2.05, 4.69) is 25.9 Å². The highest BCUT2D eigenvalue weighted by atomic mass is 35.5. The summed E-state index contributed by atoms with van der Waals surface area (Å²) in [5.74, 6) is -0.298. The van der Waals surface area contributed by atoms with Gasteiger partial charge in [0.05, 0.1) is 10.7 Å². The number of nitrogens with zero attached hydrogens (tertiary/aromatic N) is 3. The Morgan fingerprint density at radius 1 is 1.19 bits per heavy atom. The van der Waals surface area contributed by atoms with E-state index >= 15 is 0 Å². The second-order valence-corrected chi connectivity index (χ2v) is 8.30. The summed E-state index contributed by atoms with van der Waals surface area (Å²) in [6, 6.07) is 3.68. The summed E-state index contributed by atoms with van der Waals surface area (Å²) in [7, 11) is 3.28. The maximum absolute atomic E-state index is 14.6. The van der Waals surface area contributed by atoms with Crippen LogP contribution in [0.1, 0.15) is 32.1 Å². The van der Waals surface area contributed by atoms with Crippen molar-refractivity contribution in [2.45, 2.75) is 38.1 Å². The monoisotopic (exact) mass is 458 g/mol. The van der Waals surface area contributed by atoms with E-state index in [1.54, 1.807) is 26.4 Å². The number of anilines is 2. The van der Waals surface area contributed by atoms with E-state index < -0.39 is 11.8 Å². The van der Waals surface area contributed by atoms with E-state index in [0.717, 1.165) is 38.2 Å². The van der Waals surface area contributed by atoms with Crippen LogP contribution in [0.15, 0.2) is 29.2 Å². The third kappa shape index (κ3) is 4.38. The zero-order valence-electron chi connectivity index (χ0n) is 17.8. The molecular weight excluding hydrogens is 435 g/mol. The second-order valence-electron chi connectivity index (χ2n) is 7.89. The van der Waals surface area contributed by atoms with Gasteiger partial charge >= 0.3 is 6.03 Å². The molecule has 1 saturated carbocycles. The maximum Gasteiger partial charge on any atom is 0.319 e. The highest BCUT2D eigenvalue weighted by molar-refractivity contribution is 6.33. The summed E-state index contributed by atoms with van der Waals surface area (Å²) in [6.45, 7) is 0. The Balaban J connectivity index is 1.69. The van der Waals surface area contributed by atoms with Crippen molar-refractivity contribution in [3.8, 4) is 11.1 Å². The van der Waals surface area contributed by atoms with Crippen molar-refractivity contribution in [3.05, 3.63) is 45.6 Å². The lowest BCUT2D eigenvalue weighted by Gasteiger charge is -2.23. The van der Waals surface area contributed by atoms with Crippen LogP contribution < -0.4 is 21.5 Å².